The molecule has 7 nitrogen and oxygen atoms in total. The highest BCUT2D eigenvalue weighted by Gasteiger charge is 2.31. The summed E-state index contributed by atoms with van der Waals surface area (Å²) in [6.07, 6.45) is 2.35. The van der Waals surface area contributed by atoms with Gasteiger partial charge in [-0.15, -0.1) is 10.2 Å². The molecule has 0 atom stereocenters. The summed E-state index contributed by atoms with van der Waals surface area (Å²) in [4.78, 5) is 12.7. The molecule has 1 aliphatic rings. The van der Waals surface area contributed by atoms with Gasteiger partial charge in [-0.05, 0) is 31.2 Å². The van der Waals surface area contributed by atoms with Gasteiger partial charge in [0.05, 0.1) is 5.75 Å². The van der Waals surface area contributed by atoms with Gasteiger partial charge in [0.25, 0.3) is 0 Å². The van der Waals surface area contributed by atoms with Crippen LogP contribution in [0.2, 0.25) is 0 Å². The van der Waals surface area contributed by atoms with E-state index in [1.54, 1.807) is 0 Å². The van der Waals surface area contributed by atoms with Crippen LogP contribution in [0.4, 0.5) is 5.13 Å². The molecule has 1 fully saturated rings. The first-order valence-corrected chi connectivity index (χ1v) is 13.2. The van der Waals surface area contributed by atoms with Gasteiger partial charge in [0.15, 0.2) is 0 Å². The number of sulfonamides is 1. The van der Waals surface area contributed by atoms with Gasteiger partial charge < -0.3 is 5.32 Å². The van der Waals surface area contributed by atoms with Gasteiger partial charge in [-0.3, -0.25) is 4.79 Å². The summed E-state index contributed by atoms with van der Waals surface area (Å²) in [6.45, 7) is 0.744. The van der Waals surface area contributed by atoms with Crippen molar-refractivity contribution in [2.75, 3.05) is 24.2 Å². The van der Waals surface area contributed by atoms with E-state index in [4.69, 9.17) is 0 Å². The average Bonchev–Trinajstić information content (AvgIpc) is 3.29. The minimum absolute atomic E-state index is 0.123. The molecule has 1 N–H and O–H groups in total. The predicted octanol–water partition coefficient (Wildman–Crippen LogP) is 3.82. The molecule has 0 spiro atoms. The van der Waals surface area contributed by atoms with Crippen LogP contribution in [0.3, 0.4) is 0 Å². The Balaban J connectivity index is 1.25. The Morgan fingerprint density at radius 2 is 1.66 bits per heavy atom. The number of carbonyl (C=O) groups is 1. The normalized spacial score (nSPS) is 15.5. The number of amides is 1. The number of nitrogens with one attached hydrogen (secondary N) is 1. The molecule has 0 aliphatic carbocycles. The predicted molar refractivity (Wildman–Crippen MR) is 127 cm³/mol. The number of rotatable bonds is 8. The highest BCUT2D eigenvalue weighted by atomic mass is 32.2. The molecular formula is C23H26N4O3S2. The van der Waals surface area contributed by atoms with Gasteiger partial charge in [-0.2, -0.15) is 0 Å². The summed E-state index contributed by atoms with van der Waals surface area (Å²) in [6, 6.07) is 19.6. The molecule has 2 aromatic carbocycles. The molecule has 0 saturated carbocycles. The van der Waals surface area contributed by atoms with Crippen LogP contribution in [0.25, 0.3) is 10.6 Å². The number of benzene rings is 2. The van der Waals surface area contributed by atoms with Crippen molar-refractivity contribution >= 4 is 32.4 Å². The first-order chi connectivity index (χ1) is 15.5. The third kappa shape index (κ3) is 5.79. The molecule has 2 heterocycles. The van der Waals surface area contributed by atoms with Crippen LogP contribution in [-0.4, -0.2) is 47.7 Å². The fraction of sp³-hybridized carbons (Fsp3) is 0.348. The quantitative estimate of drug-likeness (QED) is 0.540. The van der Waals surface area contributed by atoms with E-state index in [0.717, 1.165) is 22.6 Å². The number of nitrogens with zero attached hydrogens (tertiary/aromatic N) is 3. The van der Waals surface area contributed by atoms with Crippen LogP contribution < -0.4 is 5.32 Å². The Hall–Kier alpha value is -2.62. The van der Waals surface area contributed by atoms with E-state index in [2.05, 4.69) is 15.5 Å². The highest BCUT2D eigenvalue weighted by molar-refractivity contribution is 7.89. The number of anilines is 1. The molecule has 3 aromatic rings. The summed E-state index contributed by atoms with van der Waals surface area (Å²) in [7, 11) is -3.31. The SMILES string of the molecule is O=C(Nc1nnc(-c2ccccc2)s1)C1CCN(S(=O)(=O)CCCc2ccccc2)CC1. The molecular weight excluding hydrogens is 444 g/mol. The smallest absolute Gasteiger partial charge is 0.229 e. The molecule has 0 bridgehead atoms. The van der Waals surface area contributed by atoms with E-state index in [9.17, 15) is 13.2 Å². The molecule has 1 amide bonds. The highest BCUT2D eigenvalue weighted by Crippen LogP contribution is 2.27. The Morgan fingerprint density at radius 3 is 2.34 bits per heavy atom. The number of carbonyl (C=O) groups excluding carboxylic acids is 1. The lowest BCUT2D eigenvalue weighted by Gasteiger charge is -2.30. The van der Waals surface area contributed by atoms with Crippen molar-refractivity contribution in [1.29, 1.82) is 0 Å². The number of aryl methyl sites for hydroxylation is 1. The molecule has 0 radical (unpaired) electrons. The average molecular weight is 471 g/mol. The van der Waals surface area contributed by atoms with E-state index in [0.29, 0.717) is 37.5 Å². The molecule has 1 aliphatic heterocycles. The third-order valence-corrected chi connectivity index (χ3v) is 8.45. The van der Waals surface area contributed by atoms with Crippen molar-refractivity contribution in [3.8, 4) is 10.6 Å². The molecule has 4 rings (SSSR count). The summed E-state index contributed by atoms with van der Waals surface area (Å²) in [5.74, 6) is -0.219. The van der Waals surface area contributed by atoms with Crippen molar-refractivity contribution < 1.29 is 13.2 Å². The summed E-state index contributed by atoms with van der Waals surface area (Å²) in [5.41, 5.74) is 2.10. The lowest BCUT2D eigenvalue weighted by Crippen LogP contribution is -2.42. The third-order valence-electron chi connectivity index (χ3n) is 5.60. The lowest BCUT2D eigenvalue weighted by atomic mass is 9.97. The van der Waals surface area contributed by atoms with Gasteiger partial charge in [0.1, 0.15) is 5.01 Å². The largest absolute Gasteiger partial charge is 0.300 e. The summed E-state index contributed by atoms with van der Waals surface area (Å²) in [5, 5.41) is 12.3. The number of hydrogen-bond donors (Lipinski definition) is 1. The Labute approximate surface area is 192 Å². The second kappa shape index (κ2) is 10.3. The summed E-state index contributed by atoms with van der Waals surface area (Å²) >= 11 is 1.33. The van der Waals surface area contributed by atoms with Crippen LogP contribution in [0.1, 0.15) is 24.8 Å². The van der Waals surface area contributed by atoms with Gasteiger partial charge in [-0.25, -0.2) is 12.7 Å². The zero-order chi connectivity index (χ0) is 22.4. The van der Waals surface area contributed by atoms with Crippen molar-refractivity contribution in [3.05, 3.63) is 66.2 Å². The lowest BCUT2D eigenvalue weighted by molar-refractivity contribution is -0.120. The van der Waals surface area contributed by atoms with Crippen LogP contribution in [0.5, 0.6) is 0 Å². The minimum atomic E-state index is -3.31. The Bertz CT molecular complexity index is 1130. The second-order valence-electron chi connectivity index (χ2n) is 7.85. The standard InChI is InChI=1S/C23H26N4O3S2/c28-21(24-23-26-25-22(31-23)20-11-5-2-6-12-20)19-13-15-27(16-14-19)32(29,30)17-7-10-18-8-3-1-4-9-18/h1-6,8-9,11-12,19H,7,10,13-17H2,(H,24,26,28). The fourth-order valence-electron chi connectivity index (χ4n) is 3.81. The summed E-state index contributed by atoms with van der Waals surface area (Å²) < 4.78 is 26.9. The topological polar surface area (TPSA) is 92.3 Å². The van der Waals surface area contributed by atoms with E-state index in [-0.39, 0.29) is 17.6 Å². The Kier molecular flexibility index (Phi) is 7.29. The minimum Gasteiger partial charge on any atom is -0.300 e. The van der Waals surface area contributed by atoms with Gasteiger partial charge in [-0.1, -0.05) is 72.0 Å². The molecule has 1 aromatic heterocycles. The van der Waals surface area contributed by atoms with E-state index < -0.39 is 10.0 Å². The van der Waals surface area contributed by atoms with Crippen LogP contribution >= 0.6 is 11.3 Å². The van der Waals surface area contributed by atoms with Crippen LogP contribution in [0, 0.1) is 5.92 Å². The van der Waals surface area contributed by atoms with E-state index in [1.165, 1.54) is 15.6 Å². The zero-order valence-corrected chi connectivity index (χ0v) is 19.3. The fourth-order valence-corrected chi connectivity index (χ4v) is 6.09. The van der Waals surface area contributed by atoms with Crippen LogP contribution in [0.15, 0.2) is 60.7 Å². The maximum atomic E-state index is 12.7. The molecule has 9 heteroatoms. The Morgan fingerprint density at radius 1 is 1.00 bits per heavy atom. The van der Waals surface area contributed by atoms with Gasteiger partial charge in [0.2, 0.25) is 21.1 Å². The van der Waals surface area contributed by atoms with Crippen molar-refractivity contribution in [1.82, 2.24) is 14.5 Å². The van der Waals surface area contributed by atoms with E-state index in [1.807, 2.05) is 60.7 Å². The molecule has 0 unspecified atom stereocenters. The van der Waals surface area contributed by atoms with Gasteiger partial charge in [0, 0.05) is 24.6 Å². The maximum Gasteiger partial charge on any atom is 0.229 e. The molecule has 32 heavy (non-hydrogen) atoms. The first kappa shape index (κ1) is 22.6. The van der Waals surface area contributed by atoms with Crippen molar-refractivity contribution in [2.24, 2.45) is 5.92 Å². The number of hydrogen-bond acceptors (Lipinski definition) is 6. The van der Waals surface area contributed by atoms with E-state index >= 15 is 0 Å². The number of aromatic nitrogens is 2. The van der Waals surface area contributed by atoms with Crippen molar-refractivity contribution in [3.63, 3.8) is 0 Å². The van der Waals surface area contributed by atoms with Crippen LogP contribution in [-0.2, 0) is 21.2 Å². The first-order valence-electron chi connectivity index (χ1n) is 10.7. The monoisotopic (exact) mass is 470 g/mol. The molecule has 168 valence electrons. The van der Waals surface area contributed by atoms with Crippen molar-refractivity contribution in [2.45, 2.75) is 25.7 Å². The second-order valence-corrected chi connectivity index (χ2v) is 10.9. The maximum absolute atomic E-state index is 12.7. The number of piperidine rings is 1. The molecule has 1 saturated heterocycles. The van der Waals surface area contributed by atoms with Gasteiger partial charge >= 0.3 is 0 Å². The zero-order valence-electron chi connectivity index (χ0n) is 17.7.